The van der Waals surface area contributed by atoms with Crippen molar-refractivity contribution in [1.82, 2.24) is 19.8 Å². The van der Waals surface area contributed by atoms with E-state index in [0.717, 1.165) is 21.6 Å². The zero-order valence-electron chi connectivity index (χ0n) is 8.37. The molecule has 2 aromatic rings. The summed E-state index contributed by atoms with van der Waals surface area (Å²) in [6.45, 7) is 6.23. The molecule has 0 aromatic carbocycles. The average molecular weight is 302 g/mol. The van der Waals surface area contributed by atoms with E-state index in [-0.39, 0.29) is 0 Å². The van der Waals surface area contributed by atoms with Gasteiger partial charge in [0.2, 0.25) is 3.83 Å². The second kappa shape index (κ2) is 3.45. The van der Waals surface area contributed by atoms with Crippen LogP contribution in [0.1, 0.15) is 23.7 Å². The molecule has 2 aromatic heterocycles. The fourth-order valence-electron chi connectivity index (χ4n) is 1.57. The Hall–Kier alpha value is -0.720. The summed E-state index contributed by atoms with van der Waals surface area (Å²) in [5.41, 5.74) is 4.41. The molecule has 4 nitrogen and oxygen atoms in total. The molecule has 2 heterocycles. The van der Waals surface area contributed by atoms with Crippen molar-refractivity contribution in [1.29, 1.82) is 0 Å². The van der Waals surface area contributed by atoms with Crippen LogP contribution in [0.4, 0.5) is 0 Å². The molecule has 0 amide bonds. The van der Waals surface area contributed by atoms with E-state index in [4.69, 9.17) is 0 Å². The van der Waals surface area contributed by atoms with E-state index in [2.05, 4.69) is 51.7 Å². The molecule has 0 unspecified atom stereocenters. The van der Waals surface area contributed by atoms with Crippen molar-refractivity contribution in [3.63, 3.8) is 0 Å². The van der Waals surface area contributed by atoms with Gasteiger partial charge in [-0.05, 0) is 25.8 Å². The summed E-state index contributed by atoms with van der Waals surface area (Å²) in [4.78, 5) is 0. The molecular formula is C9H11IN4. The van der Waals surface area contributed by atoms with Crippen molar-refractivity contribution in [2.45, 2.75) is 27.2 Å². The normalized spacial score (nSPS) is 11.1. The molecule has 0 aliphatic heterocycles. The molecule has 0 atom stereocenters. The number of nitrogens with zero attached hydrogens (tertiary/aromatic N) is 4. The highest BCUT2D eigenvalue weighted by atomic mass is 127. The summed E-state index contributed by atoms with van der Waals surface area (Å²) in [6.07, 6.45) is 0.966. The minimum Gasteiger partial charge on any atom is -0.187 e. The van der Waals surface area contributed by atoms with Gasteiger partial charge in [-0.2, -0.15) is 9.61 Å². The van der Waals surface area contributed by atoms with E-state index >= 15 is 0 Å². The third-order valence-corrected chi connectivity index (χ3v) is 3.14. The third kappa shape index (κ3) is 1.30. The van der Waals surface area contributed by atoms with Crippen LogP contribution in [0.15, 0.2) is 0 Å². The summed E-state index contributed by atoms with van der Waals surface area (Å²) < 4.78 is 2.62. The maximum absolute atomic E-state index is 4.43. The van der Waals surface area contributed by atoms with Crippen LogP contribution in [0.2, 0.25) is 0 Å². The van der Waals surface area contributed by atoms with Gasteiger partial charge in [0.1, 0.15) is 0 Å². The van der Waals surface area contributed by atoms with Gasteiger partial charge >= 0.3 is 0 Å². The Morgan fingerprint density at radius 2 is 2.00 bits per heavy atom. The number of halogens is 1. The first kappa shape index (κ1) is 9.82. The molecule has 2 rings (SSSR count). The molecule has 0 spiro atoms. The van der Waals surface area contributed by atoms with Crippen LogP contribution in [0.3, 0.4) is 0 Å². The standard InChI is InChI=1S/C9H11IN4/c1-4-7-5(2)6(3)13-14-8(7)11-12-9(14)10/h4H2,1-3H3. The van der Waals surface area contributed by atoms with Crippen LogP contribution in [0.25, 0.3) is 5.65 Å². The van der Waals surface area contributed by atoms with Crippen molar-refractivity contribution in [3.05, 3.63) is 20.7 Å². The quantitative estimate of drug-likeness (QED) is 0.756. The van der Waals surface area contributed by atoms with Crippen molar-refractivity contribution in [3.8, 4) is 0 Å². The molecule has 14 heavy (non-hydrogen) atoms. The van der Waals surface area contributed by atoms with Crippen molar-refractivity contribution in [2.24, 2.45) is 0 Å². The molecular weight excluding hydrogens is 291 g/mol. The highest BCUT2D eigenvalue weighted by Gasteiger charge is 2.12. The maximum atomic E-state index is 4.43. The first-order valence-corrected chi connectivity index (χ1v) is 5.60. The summed E-state index contributed by atoms with van der Waals surface area (Å²) >= 11 is 2.14. The van der Waals surface area contributed by atoms with Gasteiger partial charge in [-0.15, -0.1) is 10.2 Å². The molecule has 74 valence electrons. The molecule has 0 fully saturated rings. The SMILES string of the molecule is CCc1c(C)c(C)nn2c(I)nnc12. The zero-order valence-corrected chi connectivity index (χ0v) is 10.5. The molecule has 0 N–H and O–H groups in total. The minimum atomic E-state index is 0.815. The molecule has 0 radical (unpaired) electrons. The molecule has 0 aliphatic carbocycles. The van der Waals surface area contributed by atoms with Gasteiger partial charge in [0, 0.05) is 28.2 Å². The molecule has 0 saturated heterocycles. The number of rotatable bonds is 1. The second-order valence-electron chi connectivity index (χ2n) is 3.25. The van der Waals surface area contributed by atoms with Crippen molar-refractivity contribution < 1.29 is 0 Å². The zero-order chi connectivity index (χ0) is 10.3. The van der Waals surface area contributed by atoms with Crippen molar-refractivity contribution >= 4 is 28.2 Å². The first-order valence-electron chi connectivity index (χ1n) is 4.52. The second-order valence-corrected chi connectivity index (χ2v) is 4.21. The Balaban J connectivity index is 2.90. The van der Waals surface area contributed by atoms with Gasteiger partial charge in [0.15, 0.2) is 5.65 Å². The highest BCUT2D eigenvalue weighted by molar-refractivity contribution is 14.1. The third-order valence-electron chi connectivity index (χ3n) is 2.47. The average Bonchev–Trinajstić information content (AvgIpc) is 2.51. The van der Waals surface area contributed by atoms with Crippen LogP contribution in [0, 0.1) is 17.7 Å². The Morgan fingerprint density at radius 1 is 1.29 bits per heavy atom. The van der Waals surface area contributed by atoms with Crippen LogP contribution in [-0.2, 0) is 6.42 Å². The summed E-state index contributed by atoms with van der Waals surface area (Å²) in [7, 11) is 0. The molecule has 0 bridgehead atoms. The van der Waals surface area contributed by atoms with Crippen LogP contribution >= 0.6 is 22.6 Å². The molecule has 0 aliphatic rings. The number of aromatic nitrogens is 4. The molecule has 5 heteroatoms. The monoisotopic (exact) mass is 302 g/mol. The molecule has 0 saturated carbocycles. The van der Waals surface area contributed by atoms with E-state index in [0.29, 0.717) is 0 Å². The summed E-state index contributed by atoms with van der Waals surface area (Å²) in [5, 5.41) is 12.6. The van der Waals surface area contributed by atoms with Crippen LogP contribution in [-0.4, -0.2) is 19.8 Å². The van der Waals surface area contributed by atoms with Gasteiger partial charge in [-0.3, -0.25) is 0 Å². The Morgan fingerprint density at radius 3 is 2.64 bits per heavy atom. The lowest BCUT2D eigenvalue weighted by atomic mass is 10.1. The Labute approximate surface area is 95.9 Å². The van der Waals surface area contributed by atoms with Gasteiger partial charge < -0.3 is 0 Å². The van der Waals surface area contributed by atoms with Gasteiger partial charge in [-0.1, -0.05) is 6.92 Å². The maximum Gasteiger partial charge on any atom is 0.215 e. The van der Waals surface area contributed by atoms with Crippen LogP contribution in [0.5, 0.6) is 0 Å². The van der Waals surface area contributed by atoms with Gasteiger partial charge in [0.05, 0.1) is 5.69 Å². The number of hydrogen-bond acceptors (Lipinski definition) is 3. The van der Waals surface area contributed by atoms with E-state index in [1.54, 1.807) is 0 Å². The van der Waals surface area contributed by atoms with E-state index in [9.17, 15) is 0 Å². The fraction of sp³-hybridized carbons (Fsp3) is 0.444. The lowest BCUT2D eigenvalue weighted by molar-refractivity contribution is 0.843. The Bertz CT molecular complexity index is 489. The van der Waals surface area contributed by atoms with Crippen LogP contribution < -0.4 is 0 Å². The minimum absolute atomic E-state index is 0.815. The fourth-order valence-corrected chi connectivity index (χ4v) is 2.02. The van der Waals surface area contributed by atoms with Crippen molar-refractivity contribution in [2.75, 3.05) is 0 Å². The number of hydrogen-bond donors (Lipinski definition) is 0. The number of fused-ring (bicyclic) bond motifs is 1. The largest absolute Gasteiger partial charge is 0.215 e. The Kier molecular flexibility index (Phi) is 2.42. The summed E-state index contributed by atoms with van der Waals surface area (Å²) in [6, 6.07) is 0. The van der Waals surface area contributed by atoms with Gasteiger partial charge in [0.25, 0.3) is 0 Å². The predicted molar refractivity (Wildman–Crippen MR) is 62.4 cm³/mol. The van der Waals surface area contributed by atoms with E-state index < -0.39 is 0 Å². The van der Waals surface area contributed by atoms with E-state index in [1.807, 2.05) is 11.4 Å². The first-order chi connectivity index (χ1) is 6.65. The smallest absolute Gasteiger partial charge is 0.187 e. The number of aryl methyl sites for hydroxylation is 2. The van der Waals surface area contributed by atoms with E-state index in [1.165, 1.54) is 11.1 Å². The van der Waals surface area contributed by atoms with Gasteiger partial charge in [-0.25, -0.2) is 0 Å². The lowest BCUT2D eigenvalue weighted by Gasteiger charge is -2.06. The summed E-state index contributed by atoms with van der Waals surface area (Å²) in [5.74, 6) is 0. The topological polar surface area (TPSA) is 43.1 Å². The highest BCUT2D eigenvalue weighted by Crippen LogP contribution is 2.17. The lowest BCUT2D eigenvalue weighted by Crippen LogP contribution is -2.04. The predicted octanol–water partition coefficient (Wildman–Crippen LogP) is 1.91.